The lowest BCUT2D eigenvalue weighted by molar-refractivity contribution is -0.115. The van der Waals surface area contributed by atoms with Gasteiger partial charge in [-0.2, -0.15) is 9.94 Å². The van der Waals surface area contributed by atoms with Gasteiger partial charge in [0.05, 0.1) is 16.5 Å². The van der Waals surface area contributed by atoms with E-state index in [1.807, 2.05) is 39.0 Å². The predicted octanol–water partition coefficient (Wildman–Crippen LogP) is 4.60. The first-order valence-corrected chi connectivity index (χ1v) is 12.1. The molecular weight excluding hydrogens is 428 g/mol. The molecule has 9 heteroatoms. The first-order valence-electron chi connectivity index (χ1n) is 10.4. The lowest BCUT2D eigenvalue weighted by Crippen LogP contribution is -2.23. The molecule has 7 nitrogen and oxygen atoms in total. The zero-order valence-corrected chi connectivity index (χ0v) is 19.4. The van der Waals surface area contributed by atoms with E-state index in [0.29, 0.717) is 15.7 Å². The summed E-state index contributed by atoms with van der Waals surface area (Å²) in [5, 5.41) is 25.6. The van der Waals surface area contributed by atoms with E-state index in [-0.39, 0.29) is 5.91 Å². The van der Waals surface area contributed by atoms with Crippen molar-refractivity contribution in [1.29, 1.82) is 5.26 Å². The Morgan fingerprint density at radius 1 is 1.26 bits per heavy atom. The van der Waals surface area contributed by atoms with Crippen LogP contribution in [0.1, 0.15) is 53.3 Å². The average molecular weight is 453 g/mol. The maximum atomic E-state index is 13.0. The normalized spacial score (nSPS) is 14.4. The van der Waals surface area contributed by atoms with E-state index in [1.54, 1.807) is 16.0 Å². The van der Waals surface area contributed by atoms with Crippen molar-refractivity contribution in [3.05, 3.63) is 45.3 Å². The van der Waals surface area contributed by atoms with Crippen LogP contribution in [0.15, 0.2) is 23.4 Å². The van der Waals surface area contributed by atoms with Gasteiger partial charge in [-0.25, -0.2) is 0 Å². The van der Waals surface area contributed by atoms with E-state index in [1.165, 1.54) is 23.1 Å². The number of para-hydroxylation sites is 1. The number of aryl methyl sites for hydroxylation is 3. The van der Waals surface area contributed by atoms with E-state index in [9.17, 15) is 10.1 Å². The number of carbonyl (C=O) groups is 1. The van der Waals surface area contributed by atoms with Gasteiger partial charge in [-0.1, -0.05) is 36.4 Å². The highest BCUT2D eigenvalue weighted by molar-refractivity contribution is 8.00. The average Bonchev–Trinajstić information content (AvgIpc) is 3.24. The molecule has 0 fully saturated rings. The minimum Gasteiger partial charge on any atom is -0.316 e. The van der Waals surface area contributed by atoms with Gasteiger partial charge in [0.15, 0.2) is 0 Å². The summed E-state index contributed by atoms with van der Waals surface area (Å²) in [5.74, 6) is -0.158. The van der Waals surface area contributed by atoms with Crippen LogP contribution in [-0.4, -0.2) is 31.4 Å². The molecule has 0 unspecified atom stereocenters. The third-order valence-electron chi connectivity index (χ3n) is 5.51. The number of rotatable bonds is 5. The van der Waals surface area contributed by atoms with Crippen molar-refractivity contribution in [3.8, 4) is 11.8 Å². The van der Waals surface area contributed by atoms with E-state index >= 15 is 0 Å². The molecule has 4 rings (SSSR count). The summed E-state index contributed by atoms with van der Waals surface area (Å²) in [7, 11) is 0. The number of amides is 1. The van der Waals surface area contributed by atoms with Crippen molar-refractivity contribution < 1.29 is 4.79 Å². The lowest BCUT2D eigenvalue weighted by Gasteiger charge is -2.13. The van der Waals surface area contributed by atoms with E-state index in [0.717, 1.165) is 48.1 Å². The van der Waals surface area contributed by atoms with Gasteiger partial charge in [0.2, 0.25) is 11.1 Å². The highest BCUT2D eigenvalue weighted by Gasteiger charge is 2.25. The third-order valence-corrected chi connectivity index (χ3v) is 7.75. The SMILES string of the molecule is Cc1cccc(C)c1-n1nnnc1S[C@H](C)C(=O)Nc1sc2c(c1C#N)CCCCC2. The second-order valence-corrected chi connectivity index (χ2v) is 10.2. The Balaban J connectivity index is 1.53. The number of nitriles is 1. The summed E-state index contributed by atoms with van der Waals surface area (Å²) >= 11 is 2.85. The number of fused-ring (bicyclic) bond motifs is 1. The molecule has 31 heavy (non-hydrogen) atoms. The van der Waals surface area contributed by atoms with Crippen LogP contribution in [0.5, 0.6) is 0 Å². The molecule has 1 aromatic carbocycles. The molecule has 1 atom stereocenters. The van der Waals surface area contributed by atoms with Gasteiger partial charge in [-0.15, -0.1) is 16.4 Å². The van der Waals surface area contributed by atoms with Crippen LogP contribution < -0.4 is 5.32 Å². The molecule has 0 saturated carbocycles. The summed E-state index contributed by atoms with van der Waals surface area (Å²) in [6.07, 6.45) is 5.33. The number of anilines is 1. The number of carbonyl (C=O) groups excluding carboxylic acids is 1. The van der Waals surface area contributed by atoms with E-state index in [2.05, 4.69) is 26.9 Å². The smallest absolute Gasteiger partial charge is 0.238 e. The molecule has 0 bridgehead atoms. The summed E-state index contributed by atoms with van der Waals surface area (Å²) in [4.78, 5) is 14.2. The maximum absolute atomic E-state index is 13.0. The molecule has 2 aromatic heterocycles. The minimum atomic E-state index is -0.428. The number of hydrogen-bond donors (Lipinski definition) is 1. The first kappa shape index (κ1) is 21.5. The van der Waals surface area contributed by atoms with E-state index in [4.69, 9.17) is 0 Å². The van der Waals surface area contributed by atoms with E-state index < -0.39 is 5.25 Å². The second-order valence-electron chi connectivity index (χ2n) is 7.74. The fraction of sp³-hybridized carbons (Fsp3) is 0.409. The van der Waals surface area contributed by atoms with Crippen LogP contribution in [0.2, 0.25) is 0 Å². The molecular formula is C22H24N6OS2. The highest BCUT2D eigenvalue weighted by Crippen LogP contribution is 2.37. The van der Waals surface area contributed by atoms with Gasteiger partial charge in [0, 0.05) is 4.88 Å². The Bertz CT molecular complexity index is 1140. The monoisotopic (exact) mass is 452 g/mol. The van der Waals surface area contributed by atoms with Gasteiger partial charge >= 0.3 is 0 Å². The first-order chi connectivity index (χ1) is 15.0. The molecule has 3 aromatic rings. The van der Waals surface area contributed by atoms with Gasteiger partial charge in [-0.05, 0) is 73.6 Å². The van der Waals surface area contributed by atoms with Crippen LogP contribution in [0, 0.1) is 25.2 Å². The molecule has 1 aliphatic carbocycles. The van der Waals surface area contributed by atoms with Crippen LogP contribution in [0.3, 0.4) is 0 Å². The Morgan fingerprint density at radius 3 is 2.74 bits per heavy atom. The van der Waals surface area contributed by atoms with Crippen molar-refractivity contribution in [3.63, 3.8) is 0 Å². The molecule has 2 heterocycles. The fourth-order valence-corrected chi connectivity index (χ4v) is 5.94. The standard InChI is InChI=1S/C22H24N6OS2/c1-13-8-7-9-14(2)19(13)28-22(25-26-27-28)30-15(3)20(29)24-21-17(12-23)16-10-5-4-6-11-18(16)31-21/h7-9,15H,4-6,10-11H2,1-3H3,(H,24,29)/t15-/m1/s1. The van der Waals surface area contributed by atoms with Gasteiger partial charge in [-0.3, -0.25) is 4.79 Å². The molecule has 160 valence electrons. The summed E-state index contributed by atoms with van der Waals surface area (Å²) in [6.45, 7) is 5.85. The summed E-state index contributed by atoms with van der Waals surface area (Å²) in [5.41, 5.74) is 4.80. The minimum absolute atomic E-state index is 0.158. The Labute approximate surface area is 189 Å². The Morgan fingerprint density at radius 2 is 2.00 bits per heavy atom. The predicted molar refractivity (Wildman–Crippen MR) is 123 cm³/mol. The van der Waals surface area contributed by atoms with Crippen LogP contribution in [-0.2, 0) is 17.6 Å². The van der Waals surface area contributed by atoms with Crippen molar-refractivity contribution in [1.82, 2.24) is 20.2 Å². The highest BCUT2D eigenvalue weighted by atomic mass is 32.2. The number of benzene rings is 1. The van der Waals surface area contributed by atoms with Crippen LogP contribution in [0.25, 0.3) is 5.69 Å². The number of tetrazole rings is 1. The zero-order chi connectivity index (χ0) is 22.0. The molecule has 0 spiro atoms. The fourth-order valence-electron chi connectivity index (χ4n) is 3.91. The van der Waals surface area contributed by atoms with Crippen molar-refractivity contribution in [2.45, 2.75) is 63.3 Å². The molecule has 1 N–H and O–H groups in total. The summed E-state index contributed by atoms with van der Waals surface area (Å²) in [6, 6.07) is 8.34. The van der Waals surface area contributed by atoms with Crippen molar-refractivity contribution >= 4 is 34.0 Å². The molecule has 1 aliphatic rings. The summed E-state index contributed by atoms with van der Waals surface area (Å²) < 4.78 is 1.69. The topological polar surface area (TPSA) is 96.5 Å². The third kappa shape index (κ3) is 4.36. The Hall–Kier alpha value is -2.70. The molecule has 1 amide bonds. The van der Waals surface area contributed by atoms with Crippen LogP contribution >= 0.6 is 23.1 Å². The number of nitrogens with zero attached hydrogens (tertiary/aromatic N) is 5. The number of aromatic nitrogens is 4. The second kappa shape index (κ2) is 9.20. The molecule has 0 radical (unpaired) electrons. The number of thioether (sulfide) groups is 1. The Kier molecular flexibility index (Phi) is 6.39. The van der Waals surface area contributed by atoms with Gasteiger partial charge in [0.25, 0.3) is 0 Å². The van der Waals surface area contributed by atoms with Gasteiger partial charge in [0.1, 0.15) is 11.1 Å². The number of nitrogens with one attached hydrogen (secondary N) is 1. The quantitative estimate of drug-likeness (QED) is 0.449. The molecule has 0 saturated heterocycles. The number of hydrogen-bond acceptors (Lipinski definition) is 7. The van der Waals surface area contributed by atoms with Crippen molar-refractivity contribution in [2.24, 2.45) is 0 Å². The molecule has 0 aliphatic heterocycles. The lowest BCUT2D eigenvalue weighted by atomic mass is 10.1. The number of thiophene rings is 1. The largest absolute Gasteiger partial charge is 0.316 e. The zero-order valence-electron chi connectivity index (χ0n) is 17.8. The maximum Gasteiger partial charge on any atom is 0.238 e. The van der Waals surface area contributed by atoms with Gasteiger partial charge < -0.3 is 5.32 Å². The van der Waals surface area contributed by atoms with Crippen molar-refractivity contribution in [2.75, 3.05) is 5.32 Å². The van der Waals surface area contributed by atoms with Crippen LogP contribution in [0.4, 0.5) is 5.00 Å².